The van der Waals surface area contributed by atoms with Gasteiger partial charge in [-0.3, -0.25) is 5.32 Å². The van der Waals surface area contributed by atoms with E-state index in [0.717, 1.165) is 18.6 Å². The number of nitrogens with zero attached hydrogens (tertiary/aromatic N) is 1. The van der Waals surface area contributed by atoms with Crippen LogP contribution in [0.4, 0.5) is 8.78 Å². The van der Waals surface area contributed by atoms with Crippen LogP contribution >= 0.6 is 0 Å². The molecular weight excluding hydrogens is 222 g/mol. The molecule has 0 fully saturated rings. The standard InChI is InChI=1S/C13H16F2N2/c1-9(2)5-6-17-13(8-16)11-4-3-10(14)7-12(11)15/h3-4,7,9,13,17H,5-6H2,1-2H3. The summed E-state index contributed by atoms with van der Waals surface area (Å²) in [5.74, 6) is -0.807. The van der Waals surface area contributed by atoms with Crippen LogP contribution < -0.4 is 5.32 Å². The van der Waals surface area contributed by atoms with Gasteiger partial charge in [0.25, 0.3) is 0 Å². The van der Waals surface area contributed by atoms with E-state index >= 15 is 0 Å². The Balaban J connectivity index is 2.70. The first-order valence-electron chi connectivity index (χ1n) is 5.62. The molecule has 1 aromatic rings. The van der Waals surface area contributed by atoms with Crippen molar-refractivity contribution in [3.8, 4) is 6.07 Å². The lowest BCUT2D eigenvalue weighted by molar-refractivity contribution is 0.502. The van der Waals surface area contributed by atoms with Gasteiger partial charge in [0.15, 0.2) is 0 Å². The van der Waals surface area contributed by atoms with Crippen LogP contribution in [0.2, 0.25) is 0 Å². The number of nitrogens with one attached hydrogen (secondary N) is 1. The van der Waals surface area contributed by atoms with Crippen LogP contribution in [0.15, 0.2) is 18.2 Å². The zero-order chi connectivity index (χ0) is 12.8. The summed E-state index contributed by atoms with van der Waals surface area (Å²) >= 11 is 0. The van der Waals surface area contributed by atoms with Crippen LogP contribution in [0.25, 0.3) is 0 Å². The number of benzene rings is 1. The van der Waals surface area contributed by atoms with Gasteiger partial charge in [-0.25, -0.2) is 8.78 Å². The molecule has 0 aliphatic rings. The third kappa shape index (κ3) is 4.12. The van der Waals surface area contributed by atoms with E-state index < -0.39 is 17.7 Å². The van der Waals surface area contributed by atoms with Gasteiger partial charge in [0, 0.05) is 11.6 Å². The molecule has 4 heteroatoms. The predicted molar refractivity (Wildman–Crippen MR) is 62.2 cm³/mol. The Bertz CT molecular complexity index is 410. The Morgan fingerprint density at radius 3 is 2.59 bits per heavy atom. The van der Waals surface area contributed by atoms with Crippen molar-refractivity contribution in [1.29, 1.82) is 5.26 Å². The topological polar surface area (TPSA) is 35.8 Å². The van der Waals surface area contributed by atoms with Crippen molar-refractivity contribution >= 4 is 0 Å². The van der Waals surface area contributed by atoms with Gasteiger partial charge in [-0.15, -0.1) is 0 Å². The fraction of sp³-hybridized carbons (Fsp3) is 0.462. The predicted octanol–water partition coefficient (Wildman–Crippen LogP) is 3.17. The maximum absolute atomic E-state index is 13.4. The first-order chi connectivity index (χ1) is 8.04. The summed E-state index contributed by atoms with van der Waals surface area (Å²) in [5, 5.41) is 11.9. The highest BCUT2D eigenvalue weighted by Gasteiger charge is 2.15. The first kappa shape index (κ1) is 13.6. The molecule has 0 aliphatic carbocycles. The molecule has 0 aliphatic heterocycles. The van der Waals surface area contributed by atoms with E-state index in [1.54, 1.807) is 0 Å². The fourth-order valence-electron chi connectivity index (χ4n) is 1.48. The number of rotatable bonds is 5. The molecule has 2 nitrogen and oxygen atoms in total. The monoisotopic (exact) mass is 238 g/mol. The van der Waals surface area contributed by atoms with Crippen molar-refractivity contribution in [2.45, 2.75) is 26.3 Å². The molecule has 0 saturated heterocycles. The maximum atomic E-state index is 13.4. The van der Waals surface area contributed by atoms with Gasteiger partial charge in [-0.05, 0) is 24.9 Å². The summed E-state index contributed by atoms with van der Waals surface area (Å²) in [7, 11) is 0. The van der Waals surface area contributed by atoms with Gasteiger partial charge in [0.2, 0.25) is 0 Å². The second kappa shape index (κ2) is 6.31. The lowest BCUT2D eigenvalue weighted by Gasteiger charge is -2.13. The van der Waals surface area contributed by atoms with Gasteiger partial charge < -0.3 is 0 Å². The molecule has 0 spiro atoms. The molecular formula is C13H16F2N2. The van der Waals surface area contributed by atoms with Gasteiger partial charge in [0.1, 0.15) is 17.7 Å². The molecule has 92 valence electrons. The highest BCUT2D eigenvalue weighted by molar-refractivity contribution is 5.26. The van der Waals surface area contributed by atoms with E-state index in [-0.39, 0.29) is 5.56 Å². The average Bonchev–Trinajstić information content (AvgIpc) is 2.25. The summed E-state index contributed by atoms with van der Waals surface area (Å²) < 4.78 is 26.2. The van der Waals surface area contributed by atoms with Crippen molar-refractivity contribution in [1.82, 2.24) is 5.32 Å². The minimum Gasteiger partial charge on any atom is -0.298 e. The number of nitriles is 1. The summed E-state index contributed by atoms with van der Waals surface area (Å²) in [5.41, 5.74) is 0.192. The van der Waals surface area contributed by atoms with Crippen LogP contribution in [-0.2, 0) is 0 Å². The molecule has 1 N–H and O–H groups in total. The molecule has 0 saturated carbocycles. The smallest absolute Gasteiger partial charge is 0.131 e. The fourth-order valence-corrected chi connectivity index (χ4v) is 1.48. The zero-order valence-electron chi connectivity index (χ0n) is 10.0. The summed E-state index contributed by atoms with van der Waals surface area (Å²) in [6.07, 6.45) is 0.904. The van der Waals surface area contributed by atoms with Crippen LogP contribution in [0.3, 0.4) is 0 Å². The molecule has 0 aromatic heterocycles. The van der Waals surface area contributed by atoms with Crippen molar-refractivity contribution in [2.75, 3.05) is 6.54 Å². The number of hydrogen-bond donors (Lipinski definition) is 1. The molecule has 1 atom stereocenters. The van der Waals surface area contributed by atoms with E-state index in [2.05, 4.69) is 19.2 Å². The number of halogens is 2. The Kier molecular flexibility index (Phi) is 5.05. The molecule has 0 heterocycles. The summed E-state index contributed by atoms with van der Waals surface area (Å²) in [4.78, 5) is 0. The van der Waals surface area contributed by atoms with Gasteiger partial charge in [-0.1, -0.05) is 19.9 Å². The molecule has 1 aromatic carbocycles. The van der Waals surface area contributed by atoms with E-state index in [4.69, 9.17) is 5.26 Å². The normalized spacial score (nSPS) is 12.5. The SMILES string of the molecule is CC(C)CCNC(C#N)c1ccc(F)cc1F. The van der Waals surface area contributed by atoms with Gasteiger partial charge in [-0.2, -0.15) is 5.26 Å². The highest BCUT2D eigenvalue weighted by Crippen LogP contribution is 2.17. The van der Waals surface area contributed by atoms with Crippen molar-refractivity contribution < 1.29 is 8.78 Å². The summed E-state index contributed by atoms with van der Waals surface area (Å²) in [6.45, 7) is 4.77. The van der Waals surface area contributed by atoms with E-state index in [0.29, 0.717) is 12.5 Å². The molecule has 1 unspecified atom stereocenters. The molecule has 17 heavy (non-hydrogen) atoms. The van der Waals surface area contributed by atoms with Crippen LogP contribution in [-0.4, -0.2) is 6.54 Å². The third-order valence-electron chi connectivity index (χ3n) is 2.47. The average molecular weight is 238 g/mol. The molecule has 1 rings (SSSR count). The van der Waals surface area contributed by atoms with Crippen molar-refractivity contribution in [3.63, 3.8) is 0 Å². The lowest BCUT2D eigenvalue weighted by atomic mass is 10.1. The minimum atomic E-state index is -0.727. The van der Waals surface area contributed by atoms with Crippen molar-refractivity contribution in [3.05, 3.63) is 35.4 Å². The highest BCUT2D eigenvalue weighted by atomic mass is 19.1. The quantitative estimate of drug-likeness (QED) is 0.855. The van der Waals surface area contributed by atoms with E-state index in [9.17, 15) is 8.78 Å². The Labute approximate surface area is 100 Å². The second-order valence-electron chi connectivity index (χ2n) is 4.36. The molecule has 0 amide bonds. The minimum absolute atomic E-state index is 0.192. The van der Waals surface area contributed by atoms with Crippen LogP contribution in [0.5, 0.6) is 0 Å². The first-order valence-corrected chi connectivity index (χ1v) is 5.62. The van der Waals surface area contributed by atoms with Gasteiger partial charge in [0.05, 0.1) is 6.07 Å². The van der Waals surface area contributed by atoms with E-state index in [1.165, 1.54) is 6.07 Å². The van der Waals surface area contributed by atoms with Crippen LogP contribution in [0, 0.1) is 28.9 Å². The Morgan fingerprint density at radius 1 is 1.35 bits per heavy atom. The van der Waals surface area contributed by atoms with E-state index in [1.807, 2.05) is 6.07 Å². The number of hydrogen-bond acceptors (Lipinski definition) is 2. The summed E-state index contributed by atoms with van der Waals surface area (Å²) in [6, 6.07) is 4.51. The molecule has 0 bridgehead atoms. The largest absolute Gasteiger partial charge is 0.298 e. The van der Waals surface area contributed by atoms with Crippen molar-refractivity contribution in [2.24, 2.45) is 5.92 Å². The Hall–Kier alpha value is -1.47. The molecule has 0 radical (unpaired) electrons. The maximum Gasteiger partial charge on any atom is 0.131 e. The van der Waals surface area contributed by atoms with Gasteiger partial charge >= 0.3 is 0 Å². The van der Waals surface area contributed by atoms with Crippen LogP contribution in [0.1, 0.15) is 31.9 Å². The lowest BCUT2D eigenvalue weighted by Crippen LogP contribution is -2.23. The Morgan fingerprint density at radius 2 is 2.06 bits per heavy atom. The third-order valence-corrected chi connectivity index (χ3v) is 2.47. The second-order valence-corrected chi connectivity index (χ2v) is 4.36. The zero-order valence-corrected chi connectivity index (χ0v) is 10.0.